The lowest BCUT2D eigenvalue weighted by molar-refractivity contribution is -0.130. The molecule has 2 aromatic carbocycles. The molecule has 29 heavy (non-hydrogen) atoms. The zero-order valence-electron chi connectivity index (χ0n) is 18.1. The summed E-state index contributed by atoms with van der Waals surface area (Å²) in [5.74, 6) is 1.73. The number of hydrogen-bond donors (Lipinski definition) is 0. The third-order valence-corrected chi connectivity index (χ3v) is 5.89. The number of piperidine rings is 1. The first-order valence-electron chi connectivity index (χ1n) is 10.7. The van der Waals surface area contributed by atoms with Crippen molar-refractivity contribution in [1.29, 1.82) is 0 Å². The van der Waals surface area contributed by atoms with Crippen molar-refractivity contribution in [2.45, 2.75) is 32.6 Å². The summed E-state index contributed by atoms with van der Waals surface area (Å²) in [6.45, 7) is 6.16. The smallest absolute Gasteiger partial charge is 0.226 e. The van der Waals surface area contributed by atoms with E-state index in [1.165, 1.54) is 24.0 Å². The highest BCUT2D eigenvalue weighted by Crippen LogP contribution is 2.21. The molecule has 2 aromatic rings. The molecule has 0 unspecified atom stereocenters. The second-order valence-electron chi connectivity index (χ2n) is 8.31. The van der Waals surface area contributed by atoms with Crippen LogP contribution >= 0.6 is 0 Å². The average molecular weight is 395 g/mol. The number of benzene rings is 2. The Morgan fingerprint density at radius 3 is 2.83 bits per heavy atom. The molecule has 1 aliphatic rings. The Morgan fingerprint density at radius 2 is 2.03 bits per heavy atom. The molecular weight excluding hydrogens is 360 g/mol. The summed E-state index contributed by atoms with van der Waals surface area (Å²) in [5.41, 5.74) is 3.57. The van der Waals surface area contributed by atoms with Crippen LogP contribution in [0.3, 0.4) is 0 Å². The Hall–Kier alpha value is -2.33. The van der Waals surface area contributed by atoms with E-state index in [4.69, 9.17) is 4.74 Å². The fourth-order valence-corrected chi connectivity index (χ4v) is 4.31. The number of carbonyl (C=O) groups excluding carboxylic acids is 1. The van der Waals surface area contributed by atoms with E-state index in [-0.39, 0.29) is 5.91 Å². The lowest BCUT2D eigenvalue weighted by Crippen LogP contribution is -2.42. The molecule has 0 bridgehead atoms. The van der Waals surface area contributed by atoms with Crippen molar-refractivity contribution in [1.82, 2.24) is 9.80 Å². The van der Waals surface area contributed by atoms with Crippen LogP contribution in [-0.4, -0.2) is 56.0 Å². The molecule has 1 atom stereocenters. The minimum absolute atomic E-state index is 0.210. The molecule has 3 rings (SSSR count). The van der Waals surface area contributed by atoms with E-state index < -0.39 is 0 Å². The molecule has 156 valence electrons. The highest BCUT2D eigenvalue weighted by Gasteiger charge is 2.23. The molecule has 0 aliphatic carbocycles. The molecule has 0 N–H and O–H groups in total. The van der Waals surface area contributed by atoms with E-state index >= 15 is 0 Å². The van der Waals surface area contributed by atoms with Gasteiger partial charge in [-0.3, -0.25) is 4.79 Å². The molecule has 1 amide bonds. The van der Waals surface area contributed by atoms with Gasteiger partial charge in [-0.25, -0.2) is 0 Å². The molecule has 0 saturated carbocycles. The van der Waals surface area contributed by atoms with Crippen molar-refractivity contribution in [3.63, 3.8) is 0 Å². The van der Waals surface area contributed by atoms with E-state index in [0.717, 1.165) is 43.9 Å². The predicted molar refractivity (Wildman–Crippen MR) is 118 cm³/mol. The van der Waals surface area contributed by atoms with Crippen LogP contribution in [0.2, 0.25) is 0 Å². The van der Waals surface area contributed by atoms with Gasteiger partial charge in [0.05, 0.1) is 13.5 Å². The Labute approximate surface area is 175 Å². The summed E-state index contributed by atoms with van der Waals surface area (Å²) < 4.78 is 5.48. The number of hydrogen-bond acceptors (Lipinski definition) is 3. The van der Waals surface area contributed by atoms with Gasteiger partial charge in [0.25, 0.3) is 0 Å². The summed E-state index contributed by atoms with van der Waals surface area (Å²) in [6, 6.07) is 16.5. The largest absolute Gasteiger partial charge is 0.496 e. The van der Waals surface area contributed by atoms with Crippen LogP contribution in [0.4, 0.5) is 0 Å². The van der Waals surface area contributed by atoms with Crippen molar-refractivity contribution in [2.24, 2.45) is 5.92 Å². The molecule has 1 fully saturated rings. The standard InChI is InChI=1S/C25H34N2O2/c1-20-8-6-9-21(16-20)17-25(28)26(2)18-22-10-7-14-27(19-22)15-13-23-11-4-5-12-24(23)29-3/h4-6,8-9,11-12,16,22H,7,10,13-15,17-19H2,1-3H3/t22-/m0/s1. The van der Waals surface area contributed by atoms with Crippen molar-refractivity contribution < 1.29 is 9.53 Å². The number of ether oxygens (including phenoxy) is 1. The molecule has 0 spiro atoms. The van der Waals surface area contributed by atoms with Gasteiger partial charge in [0, 0.05) is 26.7 Å². The van der Waals surface area contributed by atoms with Gasteiger partial charge in [-0.2, -0.15) is 0 Å². The van der Waals surface area contributed by atoms with Crippen LogP contribution in [0, 0.1) is 12.8 Å². The van der Waals surface area contributed by atoms with E-state index in [0.29, 0.717) is 12.3 Å². The molecule has 1 aliphatic heterocycles. The fourth-order valence-electron chi connectivity index (χ4n) is 4.31. The summed E-state index contributed by atoms with van der Waals surface area (Å²) in [7, 11) is 3.69. The van der Waals surface area contributed by atoms with Crippen LogP contribution in [0.15, 0.2) is 48.5 Å². The van der Waals surface area contributed by atoms with Gasteiger partial charge >= 0.3 is 0 Å². The second kappa shape index (κ2) is 10.4. The van der Waals surface area contributed by atoms with E-state index in [2.05, 4.69) is 36.1 Å². The maximum atomic E-state index is 12.7. The minimum Gasteiger partial charge on any atom is -0.496 e. The zero-order chi connectivity index (χ0) is 20.6. The number of para-hydroxylation sites is 1. The SMILES string of the molecule is COc1ccccc1CCN1CCC[C@@H](CN(C)C(=O)Cc2cccc(C)c2)C1. The summed E-state index contributed by atoms with van der Waals surface area (Å²) in [4.78, 5) is 17.1. The van der Waals surface area contributed by atoms with Gasteiger partial charge in [0.2, 0.25) is 5.91 Å². The highest BCUT2D eigenvalue weighted by molar-refractivity contribution is 5.78. The van der Waals surface area contributed by atoms with Gasteiger partial charge in [-0.15, -0.1) is 0 Å². The first-order valence-corrected chi connectivity index (χ1v) is 10.7. The number of aryl methyl sites for hydroxylation is 1. The van der Waals surface area contributed by atoms with Crippen molar-refractivity contribution >= 4 is 5.91 Å². The molecule has 0 aromatic heterocycles. The van der Waals surface area contributed by atoms with Crippen molar-refractivity contribution in [2.75, 3.05) is 40.3 Å². The average Bonchev–Trinajstić information content (AvgIpc) is 2.72. The third kappa shape index (κ3) is 6.33. The van der Waals surface area contributed by atoms with Gasteiger partial charge in [0.1, 0.15) is 5.75 Å². The predicted octanol–water partition coefficient (Wildman–Crippen LogP) is 3.96. The number of carbonyl (C=O) groups is 1. The lowest BCUT2D eigenvalue weighted by Gasteiger charge is -2.35. The highest BCUT2D eigenvalue weighted by atomic mass is 16.5. The maximum absolute atomic E-state index is 12.7. The summed E-state index contributed by atoms with van der Waals surface area (Å²) in [6.07, 6.45) is 3.89. The molecule has 4 heteroatoms. The van der Waals surface area contributed by atoms with E-state index in [1.807, 2.05) is 36.2 Å². The van der Waals surface area contributed by atoms with Gasteiger partial charge in [-0.1, -0.05) is 48.0 Å². The first kappa shape index (κ1) is 21.4. The van der Waals surface area contributed by atoms with Crippen LogP contribution in [-0.2, 0) is 17.6 Å². The van der Waals surface area contributed by atoms with Crippen LogP contribution in [0.1, 0.15) is 29.5 Å². The summed E-state index contributed by atoms with van der Waals surface area (Å²) >= 11 is 0. The number of methoxy groups -OCH3 is 1. The molecule has 0 radical (unpaired) electrons. The number of amides is 1. The van der Waals surface area contributed by atoms with Gasteiger partial charge < -0.3 is 14.5 Å². The van der Waals surface area contributed by atoms with Crippen LogP contribution < -0.4 is 4.74 Å². The van der Waals surface area contributed by atoms with Gasteiger partial charge in [0.15, 0.2) is 0 Å². The number of nitrogens with zero attached hydrogens (tertiary/aromatic N) is 2. The topological polar surface area (TPSA) is 32.8 Å². The Kier molecular flexibility index (Phi) is 7.70. The van der Waals surface area contributed by atoms with Gasteiger partial charge in [-0.05, 0) is 55.8 Å². The minimum atomic E-state index is 0.210. The summed E-state index contributed by atoms with van der Waals surface area (Å²) in [5, 5.41) is 0. The molecule has 1 saturated heterocycles. The van der Waals surface area contributed by atoms with Crippen LogP contribution in [0.25, 0.3) is 0 Å². The van der Waals surface area contributed by atoms with Crippen molar-refractivity contribution in [3.05, 3.63) is 65.2 Å². The first-order chi connectivity index (χ1) is 14.0. The molecule has 4 nitrogen and oxygen atoms in total. The monoisotopic (exact) mass is 394 g/mol. The Balaban J connectivity index is 1.48. The Morgan fingerprint density at radius 1 is 1.21 bits per heavy atom. The molecule has 1 heterocycles. The van der Waals surface area contributed by atoms with Crippen LogP contribution in [0.5, 0.6) is 5.75 Å². The number of likely N-dealkylation sites (N-methyl/N-ethyl adjacent to an activating group) is 1. The number of likely N-dealkylation sites (tertiary alicyclic amines) is 1. The quantitative estimate of drug-likeness (QED) is 0.679. The Bertz CT molecular complexity index is 805. The van der Waals surface area contributed by atoms with E-state index in [1.54, 1.807) is 7.11 Å². The zero-order valence-corrected chi connectivity index (χ0v) is 18.1. The maximum Gasteiger partial charge on any atom is 0.226 e. The fraction of sp³-hybridized carbons (Fsp3) is 0.480. The van der Waals surface area contributed by atoms with E-state index in [9.17, 15) is 4.79 Å². The number of rotatable bonds is 8. The molecular formula is C25H34N2O2. The normalized spacial score (nSPS) is 17.1. The van der Waals surface area contributed by atoms with Crippen molar-refractivity contribution in [3.8, 4) is 5.75 Å². The third-order valence-electron chi connectivity index (χ3n) is 5.89. The second-order valence-corrected chi connectivity index (χ2v) is 8.31. The lowest BCUT2D eigenvalue weighted by atomic mass is 9.96.